The highest BCUT2D eigenvalue weighted by molar-refractivity contribution is 5.71. The number of unbranched alkanes of at least 4 members (excludes halogenated alkanes) is 2. The van der Waals surface area contributed by atoms with E-state index in [1.165, 1.54) is 12.1 Å². The lowest BCUT2D eigenvalue weighted by Crippen LogP contribution is -2.25. The van der Waals surface area contributed by atoms with Crippen LogP contribution in [0, 0.1) is 29.1 Å². The van der Waals surface area contributed by atoms with E-state index in [-0.39, 0.29) is 24.2 Å². The zero-order chi connectivity index (χ0) is 31.1. The minimum Gasteiger partial charge on any atom is -0.488 e. The number of hydrogen-bond donors (Lipinski definition) is 0. The second-order valence-corrected chi connectivity index (χ2v) is 9.89. The summed E-state index contributed by atoms with van der Waals surface area (Å²) in [7, 11) is 0. The van der Waals surface area contributed by atoms with Gasteiger partial charge in [0.05, 0.1) is 13.3 Å². The summed E-state index contributed by atoms with van der Waals surface area (Å²) in [6.45, 7) is 0.935. The van der Waals surface area contributed by atoms with Crippen molar-refractivity contribution in [3.05, 3.63) is 107 Å². The van der Waals surface area contributed by atoms with E-state index in [4.69, 9.17) is 4.74 Å². The predicted molar refractivity (Wildman–Crippen MR) is 147 cm³/mol. The Morgan fingerprint density at radius 1 is 0.651 bits per heavy atom. The lowest BCUT2D eigenvalue weighted by atomic mass is 9.97. The summed E-state index contributed by atoms with van der Waals surface area (Å²) < 4.78 is 124. The molecular weight excluding hydrogens is 580 g/mol. The fourth-order valence-electron chi connectivity index (χ4n) is 4.54. The summed E-state index contributed by atoms with van der Waals surface area (Å²) in [6, 6.07) is 13.3. The third-order valence-corrected chi connectivity index (χ3v) is 6.71. The number of ether oxygens (including phenoxy) is 2. The van der Waals surface area contributed by atoms with Gasteiger partial charge >= 0.3 is 6.11 Å². The van der Waals surface area contributed by atoms with Gasteiger partial charge in [0.15, 0.2) is 17.4 Å². The van der Waals surface area contributed by atoms with Crippen LogP contribution >= 0.6 is 0 Å². The molecule has 43 heavy (non-hydrogen) atoms. The SMILES string of the molecule is CCCCCc1ccc(-c2ccc(-c3cc(F)c(C(F)(F)Oc4cc(F)c(OCCCF)c(F)c4)c(F)c3)c(F)c2)cc1. The van der Waals surface area contributed by atoms with Crippen molar-refractivity contribution in [2.24, 2.45) is 0 Å². The first kappa shape index (κ1) is 31.8. The molecule has 0 aliphatic carbocycles. The molecule has 0 aliphatic heterocycles. The van der Waals surface area contributed by atoms with Crippen LogP contribution in [-0.4, -0.2) is 13.3 Å². The highest BCUT2D eigenvalue weighted by Gasteiger charge is 2.41. The third kappa shape index (κ3) is 7.66. The van der Waals surface area contributed by atoms with Crippen molar-refractivity contribution in [1.82, 2.24) is 0 Å². The van der Waals surface area contributed by atoms with E-state index in [1.54, 1.807) is 6.07 Å². The second-order valence-electron chi connectivity index (χ2n) is 9.89. The Labute approximate surface area is 243 Å². The molecule has 0 heterocycles. The Morgan fingerprint density at radius 3 is 1.84 bits per heavy atom. The molecule has 10 heteroatoms. The maximum Gasteiger partial charge on any atom is 0.432 e. The van der Waals surface area contributed by atoms with Gasteiger partial charge in [-0.3, -0.25) is 4.39 Å². The van der Waals surface area contributed by atoms with Gasteiger partial charge in [-0.15, -0.1) is 0 Å². The smallest absolute Gasteiger partial charge is 0.432 e. The lowest BCUT2D eigenvalue weighted by molar-refractivity contribution is -0.189. The molecule has 0 spiro atoms. The average Bonchev–Trinajstić information content (AvgIpc) is 2.94. The minimum absolute atomic E-state index is 0.162. The van der Waals surface area contributed by atoms with E-state index < -0.39 is 58.9 Å². The van der Waals surface area contributed by atoms with Gasteiger partial charge in [-0.2, -0.15) is 8.78 Å². The average molecular weight is 609 g/mol. The third-order valence-electron chi connectivity index (χ3n) is 6.71. The Bertz CT molecular complexity index is 1510. The number of rotatable bonds is 13. The predicted octanol–water partition coefficient (Wildman–Crippen LogP) is 10.3. The minimum atomic E-state index is -4.71. The van der Waals surface area contributed by atoms with E-state index in [0.717, 1.165) is 36.8 Å². The summed E-state index contributed by atoms with van der Waals surface area (Å²) >= 11 is 0. The van der Waals surface area contributed by atoms with Gasteiger partial charge in [0.1, 0.15) is 28.8 Å². The Balaban J connectivity index is 1.54. The zero-order valence-corrected chi connectivity index (χ0v) is 23.1. The molecule has 228 valence electrons. The molecule has 4 aromatic carbocycles. The molecule has 0 aliphatic rings. The quantitative estimate of drug-likeness (QED) is 0.111. The standard InChI is InChI=1S/C33H28F8O2/c1-2-3-4-6-20-7-9-21(10-8-20)22-11-12-25(26(35)15-22)23-16-27(36)31(28(37)17-23)33(40,41)43-24-18-29(38)32(30(39)19-24)42-14-5-13-34/h7-12,15-19H,2-6,13-14H2,1H3. The highest BCUT2D eigenvalue weighted by Crippen LogP contribution is 2.39. The van der Waals surface area contributed by atoms with Crippen molar-refractivity contribution in [2.45, 2.75) is 45.1 Å². The van der Waals surface area contributed by atoms with Gasteiger partial charge in [-0.25, -0.2) is 22.0 Å². The Hall–Kier alpha value is -4.08. The van der Waals surface area contributed by atoms with E-state index in [0.29, 0.717) is 29.8 Å². The van der Waals surface area contributed by atoms with Crippen LogP contribution in [0.1, 0.15) is 43.7 Å². The van der Waals surface area contributed by atoms with Gasteiger partial charge < -0.3 is 9.47 Å². The van der Waals surface area contributed by atoms with Crippen LogP contribution in [-0.2, 0) is 12.5 Å². The molecule has 0 bridgehead atoms. The van der Waals surface area contributed by atoms with Crippen LogP contribution in [0.3, 0.4) is 0 Å². The van der Waals surface area contributed by atoms with E-state index in [2.05, 4.69) is 11.7 Å². The summed E-state index contributed by atoms with van der Waals surface area (Å²) in [6.07, 6.45) is -0.662. The molecule has 0 saturated heterocycles. The number of benzene rings is 4. The molecular formula is C33H28F8O2. The molecule has 4 rings (SSSR count). The fraction of sp³-hybridized carbons (Fsp3) is 0.273. The van der Waals surface area contributed by atoms with Crippen molar-refractivity contribution in [3.8, 4) is 33.8 Å². The van der Waals surface area contributed by atoms with Crippen molar-refractivity contribution >= 4 is 0 Å². The maximum atomic E-state index is 15.1. The van der Waals surface area contributed by atoms with Crippen molar-refractivity contribution in [2.75, 3.05) is 13.3 Å². The number of aryl methyl sites for hydroxylation is 1. The summed E-state index contributed by atoms with van der Waals surface area (Å²) in [5, 5.41) is 0. The molecule has 2 nitrogen and oxygen atoms in total. The van der Waals surface area contributed by atoms with E-state index in [1.807, 2.05) is 24.3 Å². The molecule has 0 saturated carbocycles. The van der Waals surface area contributed by atoms with Crippen LogP contribution in [0.2, 0.25) is 0 Å². The van der Waals surface area contributed by atoms with Crippen LogP contribution in [0.5, 0.6) is 11.5 Å². The monoisotopic (exact) mass is 608 g/mol. The first-order chi connectivity index (χ1) is 20.5. The molecule has 0 unspecified atom stereocenters. The van der Waals surface area contributed by atoms with Gasteiger partial charge in [-0.05, 0) is 53.3 Å². The number of alkyl halides is 3. The van der Waals surface area contributed by atoms with Crippen LogP contribution < -0.4 is 9.47 Å². The summed E-state index contributed by atoms with van der Waals surface area (Å²) in [5.74, 6) is -9.29. The van der Waals surface area contributed by atoms with Crippen molar-refractivity contribution in [1.29, 1.82) is 0 Å². The number of hydrogen-bond acceptors (Lipinski definition) is 2. The summed E-state index contributed by atoms with van der Waals surface area (Å²) in [4.78, 5) is 0. The van der Waals surface area contributed by atoms with Gasteiger partial charge in [0.25, 0.3) is 0 Å². The van der Waals surface area contributed by atoms with Crippen LogP contribution in [0.15, 0.2) is 66.7 Å². The maximum absolute atomic E-state index is 15.1. The van der Waals surface area contributed by atoms with Gasteiger partial charge in [0.2, 0.25) is 0 Å². The van der Waals surface area contributed by atoms with Crippen molar-refractivity contribution in [3.63, 3.8) is 0 Å². The highest BCUT2D eigenvalue weighted by atomic mass is 19.3. The van der Waals surface area contributed by atoms with Gasteiger partial charge in [0, 0.05) is 24.1 Å². The Morgan fingerprint density at radius 2 is 1.26 bits per heavy atom. The Kier molecular flexibility index (Phi) is 10.3. The first-order valence-electron chi connectivity index (χ1n) is 13.7. The molecule has 0 amide bonds. The first-order valence-corrected chi connectivity index (χ1v) is 13.7. The zero-order valence-electron chi connectivity index (χ0n) is 23.1. The van der Waals surface area contributed by atoms with Crippen LogP contribution in [0.4, 0.5) is 35.1 Å². The lowest BCUT2D eigenvalue weighted by Gasteiger charge is -2.20. The summed E-state index contributed by atoms with van der Waals surface area (Å²) in [5.41, 5.74) is -0.0414. The normalized spacial score (nSPS) is 11.6. The molecule has 0 atom stereocenters. The van der Waals surface area contributed by atoms with Crippen LogP contribution in [0.25, 0.3) is 22.3 Å². The van der Waals surface area contributed by atoms with Gasteiger partial charge in [-0.1, -0.05) is 56.2 Å². The fourth-order valence-corrected chi connectivity index (χ4v) is 4.54. The second kappa shape index (κ2) is 13.9. The topological polar surface area (TPSA) is 18.5 Å². The number of halogens is 8. The molecule has 0 radical (unpaired) electrons. The largest absolute Gasteiger partial charge is 0.488 e. The van der Waals surface area contributed by atoms with E-state index in [9.17, 15) is 30.7 Å². The van der Waals surface area contributed by atoms with E-state index >= 15 is 4.39 Å². The molecule has 4 aromatic rings. The van der Waals surface area contributed by atoms with Crippen molar-refractivity contribution < 1.29 is 44.6 Å². The molecule has 0 N–H and O–H groups in total. The molecule has 0 fully saturated rings. The molecule has 0 aromatic heterocycles.